The molecular formula is C20H26O6. The zero-order chi connectivity index (χ0) is 18.8. The molecular weight excluding hydrogens is 336 g/mol. The summed E-state index contributed by atoms with van der Waals surface area (Å²) < 4.78 is 12.5. The maximum absolute atomic E-state index is 13.3. The monoisotopic (exact) mass is 362 g/mol. The molecule has 0 radical (unpaired) electrons. The number of ketones is 1. The second kappa shape index (κ2) is 4.53. The zero-order valence-electron chi connectivity index (χ0n) is 15.6. The molecule has 9 atom stereocenters. The van der Waals surface area contributed by atoms with Crippen LogP contribution in [-0.4, -0.2) is 44.9 Å². The van der Waals surface area contributed by atoms with Gasteiger partial charge in [0.1, 0.15) is 17.1 Å². The number of rotatable bonds is 0. The van der Waals surface area contributed by atoms with Crippen LogP contribution in [-0.2, 0) is 19.1 Å². The molecule has 142 valence electrons. The molecule has 0 amide bonds. The van der Waals surface area contributed by atoms with Crippen LogP contribution in [0.3, 0.4) is 0 Å². The number of esters is 1. The van der Waals surface area contributed by atoms with Gasteiger partial charge in [0.2, 0.25) is 0 Å². The van der Waals surface area contributed by atoms with E-state index in [4.69, 9.17) is 9.47 Å². The molecule has 6 aliphatic rings. The Morgan fingerprint density at radius 2 is 1.81 bits per heavy atom. The quantitative estimate of drug-likeness (QED) is 0.640. The largest absolute Gasteiger partial charge is 0.511 e. The fraction of sp³-hybridized carbons (Fsp3) is 0.800. The Morgan fingerprint density at radius 1 is 1.12 bits per heavy atom. The number of hydrogen-bond donors (Lipinski definition) is 2. The Morgan fingerprint density at radius 3 is 2.50 bits per heavy atom. The lowest BCUT2D eigenvalue weighted by atomic mass is 9.55. The van der Waals surface area contributed by atoms with Crippen LogP contribution >= 0.6 is 0 Å². The standard InChI is InChI=1S/C20H26O6/c1-8-5-9(2)15(22)13-17(24)25-19-7-10(3)18(4)16(23)12(19)6-11(14(8)21)20(13,19)26-18/h8-12,16,22-23H,5-7H2,1-4H3/b15-13+/t8-,9+,10-,11+,12+,16+,18+,19+,20-/m1/s1. The molecule has 3 aliphatic heterocycles. The van der Waals surface area contributed by atoms with Crippen LogP contribution in [0.2, 0.25) is 0 Å². The molecule has 0 unspecified atom stereocenters. The minimum atomic E-state index is -1.26. The first-order valence-electron chi connectivity index (χ1n) is 9.69. The van der Waals surface area contributed by atoms with Crippen LogP contribution in [0.4, 0.5) is 0 Å². The first-order chi connectivity index (χ1) is 12.1. The van der Waals surface area contributed by atoms with Crippen molar-refractivity contribution in [1.82, 2.24) is 0 Å². The van der Waals surface area contributed by atoms with Crippen LogP contribution in [0.15, 0.2) is 11.3 Å². The van der Waals surface area contributed by atoms with Gasteiger partial charge in [0.25, 0.3) is 0 Å². The van der Waals surface area contributed by atoms with Crippen LogP contribution in [0.25, 0.3) is 0 Å². The van der Waals surface area contributed by atoms with Gasteiger partial charge in [-0.15, -0.1) is 0 Å². The third kappa shape index (κ3) is 1.44. The molecule has 3 heterocycles. The highest BCUT2D eigenvalue weighted by Gasteiger charge is 2.86. The van der Waals surface area contributed by atoms with E-state index in [2.05, 4.69) is 0 Å². The fourth-order valence-corrected chi connectivity index (χ4v) is 6.84. The maximum atomic E-state index is 13.3. The van der Waals surface area contributed by atoms with Crippen molar-refractivity contribution in [3.63, 3.8) is 0 Å². The predicted molar refractivity (Wildman–Crippen MR) is 90.0 cm³/mol. The summed E-state index contributed by atoms with van der Waals surface area (Å²) in [5.41, 5.74) is -3.05. The van der Waals surface area contributed by atoms with Crippen molar-refractivity contribution >= 4 is 11.8 Å². The van der Waals surface area contributed by atoms with E-state index < -0.39 is 34.8 Å². The Hall–Kier alpha value is -1.40. The Bertz CT molecular complexity index is 772. The number of allylic oxidation sites excluding steroid dienone is 1. The number of fused-ring (bicyclic) bond motifs is 1. The number of carbonyl (C=O) groups excluding carboxylic acids is 2. The Balaban J connectivity index is 1.85. The summed E-state index contributed by atoms with van der Waals surface area (Å²) in [7, 11) is 0. The van der Waals surface area contributed by atoms with Crippen molar-refractivity contribution < 1.29 is 29.3 Å². The van der Waals surface area contributed by atoms with E-state index in [1.165, 1.54) is 0 Å². The molecule has 2 spiro atoms. The zero-order valence-corrected chi connectivity index (χ0v) is 15.6. The molecule has 0 aromatic rings. The average Bonchev–Trinajstić information content (AvgIpc) is 2.92. The summed E-state index contributed by atoms with van der Waals surface area (Å²) in [5, 5.41) is 22.0. The van der Waals surface area contributed by atoms with Crippen LogP contribution < -0.4 is 0 Å². The highest BCUT2D eigenvalue weighted by molar-refractivity contribution is 5.99. The van der Waals surface area contributed by atoms with E-state index >= 15 is 0 Å². The summed E-state index contributed by atoms with van der Waals surface area (Å²) in [6, 6.07) is 0. The number of carbonyl (C=O) groups is 2. The smallest absolute Gasteiger partial charge is 0.341 e. The lowest BCUT2D eigenvalue weighted by molar-refractivity contribution is -0.341. The SMILES string of the molecule is C[C@@H]1C[C@H](C)/C(O)=C2/C(=O)O[C@]34C[C@@H](C)[C@]5(C)O[C@]23[C@@H](C[C@H]4[C@@H]5O)C1=O. The number of ether oxygens (including phenoxy) is 2. The Labute approximate surface area is 152 Å². The second-order valence-corrected chi connectivity index (χ2v) is 9.45. The Kier molecular flexibility index (Phi) is 2.92. The molecule has 3 aliphatic carbocycles. The molecule has 0 aromatic heterocycles. The molecule has 2 N–H and O–H groups in total. The summed E-state index contributed by atoms with van der Waals surface area (Å²) in [6.45, 7) is 7.55. The van der Waals surface area contributed by atoms with Crippen molar-refractivity contribution in [2.45, 2.75) is 69.9 Å². The average molecular weight is 362 g/mol. The van der Waals surface area contributed by atoms with Gasteiger partial charge < -0.3 is 19.7 Å². The van der Waals surface area contributed by atoms with Gasteiger partial charge >= 0.3 is 5.97 Å². The second-order valence-electron chi connectivity index (χ2n) is 9.45. The summed E-state index contributed by atoms with van der Waals surface area (Å²) in [4.78, 5) is 26.3. The van der Waals surface area contributed by atoms with Crippen LogP contribution in [0, 0.1) is 29.6 Å². The van der Waals surface area contributed by atoms with Gasteiger partial charge in [-0.25, -0.2) is 4.79 Å². The molecule has 6 nitrogen and oxygen atoms in total. The lowest BCUT2D eigenvalue weighted by Crippen LogP contribution is -2.76. The summed E-state index contributed by atoms with van der Waals surface area (Å²) in [5.74, 6) is -2.04. The number of Topliss-reactive ketones (excluding diaryl/α,β-unsaturated/α-hetero) is 1. The van der Waals surface area contributed by atoms with Gasteiger partial charge in [-0.1, -0.05) is 20.8 Å². The minimum absolute atomic E-state index is 0.00447. The van der Waals surface area contributed by atoms with Gasteiger partial charge in [-0.05, 0) is 32.1 Å². The van der Waals surface area contributed by atoms with Crippen molar-refractivity contribution in [3.05, 3.63) is 11.3 Å². The van der Waals surface area contributed by atoms with Crippen LogP contribution in [0.1, 0.15) is 47.0 Å². The van der Waals surface area contributed by atoms with Crippen LogP contribution in [0.5, 0.6) is 0 Å². The highest BCUT2D eigenvalue weighted by atomic mass is 16.6. The van der Waals surface area contributed by atoms with Crippen molar-refractivity contribution in [3.8, 4) is 0 Å². The molecule has 5 fully saturated rings. The highest BCUT2D eigenvalue weighted by Crippen LogP contribution is 2.73. The predicted octanol–water partition coefficient (Wildman–Crippen LogP) is 1.90. The maximum Gasteiger partial charge on any atom is 0.341 e. The van der Waals surface area contributed by atoms with Gasteiger partial charge in [0, 0.05) is 17.8 Å². The fourth-order valence-electron chi connectivity index (χ4n) is 6.84. The molecule has 26 heavy (non-hydrogen) atoms. The van der Waals surface area contributed by atoms with E-state index in [9.17, 15) is 19.8 Å². The molecule has 4 bridgehead atoms. The molecule has 6 rings (SSSR count). The van der Waals surface area contributed by atoms with Crippen molar-refractivity contribution in [2.75, 3.05) is 0 Å². The van der Waals surface area contributed by atoms with Crippen molar-refractivity contribution in [2.24, 2.45) is 29.6 Å². The van der Waals surface area contributed by atoms with Gasteiger partial charge in [0.15, 0.2) is 11.2 Å². The molecule has 6 heteroatoms. The molecule has 2 saturated carbocycles. The van der Waals surface area contributed by atoms with Gasteiger partial charge in [0.05, 0.1) is 17.6 Å². The van der Waals surface area contributed by atoms with E-state index in [0.717, 1.165) is 0 Å². The molecule has 0 aromatic carbocycles. The van der Waals surface area contributed by atoms with Gasteiger partial charge in [-0.3, -0.25) is 4.79 Å². The van der Waals surface area contributed by atoms with E-state index in [1.54, 1.807) is 0 Å². The normalized spacial score (nSPS) is 60.5. The first kappa shape index (κ1) is 16.8. The third-order valence-electron chi connectivity index (χ3n) is 8.25. The number of aliphatic hydroxyl groups is 2. The van der Waals surface area contributed by atoms with Gasteiger partial charge in [-0.2, -0.15) is 0 Å². The summed E-state index contributed by atoms with van der Waals surface area (Å²) in [6.07, 6.45) is 0.660. The third-order valence-corrected chi connectivity index (χ3v) is 8.25. The van der Waals surface area contributed by atoms with E-state index in [-0.39, 0.29) is 40.8 Å². The molecule has 3 saturated heterocycles. The summed E-state index contributed by atoms with van der Waals surface area (Å²) >= 11 is 0. The first-order valence-corrected chi connectivity index (χ1v) is 9.69. The topological polar surface area (TPSA) is 93.1 Å². The number of hydrogen-bond acceptors (Lipinski definition) is 6. The van der Waals surface area contributed by atoms with E-state index in [0.29, 0.717) is 19.3 Å². The van der Waals surface area contributed by atoms with Crippen molar-refractivity contribution in [1.29, 1.82) is 0 Å². The lowest BCUT2D eigenvalue weighted by Gasteiger charge is -2.63. The minimum Gasteiger partial charge on any atom is -0.511 e. The number of aliphatic hydroxyl groups excluding tert-OH is 2. The van der Waals surface area contributed by atoms with E-state index in [1.807, 2.05) is 27.7 Å².